The first kappa shape index (κ1) is 14.1. The van der Waals surface area contributed by atoms with E-state index < -0.39 is 6.04 Å². The van der Waals surface area contributed by atoms with Crippen LogP contribution in [-0.2, 0) is 9.53 Å². The van der Waals surface area contributed by atoms with Crippen LogP contribution in [-0.4, -0.2) is 31.7 Å². The average molecular weight is 214 g/mol. The first-order valence-electron chi connectivity index (χ1n) is 5.20. The van der Waals surface area contributed by atoms with Crippen molar-refractivity contribution in [2.24, 2.45) is 11.7 Å². The fourth-order valence-corrected chi connectivity index (χ4v) is 0.913. The van der Waals surface area contributed by atoms with Crippen molar-refractivity contribution < 1.29 is 9.53 Å². The molecule has 0 aromatic rings. The van der Waals surface area contributed by atoms with Crippen molar-refractivity contribution >= 4 is 5.91 Å². The van der Waals surface area contributed by atoms with E-state index in [2.05, 4.69) is 11.9 Å². The van der Waals surface area contributed by atoms with Gasteiger partial charge in [0.25, 0.3) is 0 Å². The van der Waals surface area contributed by atoms with Crippen molar-refractivity contribution in [3.8, 4) is 0 Å². The number of carbonyl (C=O) groups is 1. The Morgan fingerprint density at radius 1 is 1.53 bits per heavy atom. The van der Waals surface area contributed by atoms with Gasteiger partial charge in [-0.1, -0.05) is 26.0 Å². The van der Waals surface area contributed by atoms with E-state index in [1.807, 2.05) is 20.8 Å². The molecule has 0 aliphatic rings. The lowest BCUT2D eigenvalue weighted by atomic mass is 10.1. The topological polar surface area (TPSA) is 64.3 Å². The molecule has 15 heavy (non-hydrogen) atoms. The van der Waals surface area contributed by atoms with Crippen LogP contribution in [0.1, 0.15) is 20.8 Å². The molecule has 0 aromatic carbocycles. The SMILES string of the molecule is C=C(C)COCCNC(=O)[C@@H](N)C(C)C. The van der Waals surface area contributed by atoms with Crippen molar-refractivity contribution in [3.05, 3.63) is 12.2 Å². The van der Waals surface area contributed by atoms with E-state index in [1.54, 1.807) is 0 Å². The van der Waals surface area contributed by atoms with Gasteiger partial charge in [-0.05, 0) is 12.8 Å². The minimum Gasteiger partial charge on any atom is -0.375 e. The van der Waals surface area contributed by atoms with Crippen LogP contribution in [0.4, 0.5) is 0 Å². The van der Waals surface area contributed by atoms with E-state index >= 15 is 0 Å². The van der Waals surface area contributed by atoms with Gasteiger partial charge in [0.2, 0.25) is 5.91 Å². The molecule has 0 aromatic heterocycles. The fourth-order valence-electron chi connectivity index (χ4n) is 0.913. The number of nitrogens with two attached hydrogens (primary N) is 1. The summed E-state index contributed by atoms with van der Waals surface area (Å²) in [5.41, 5.74) is 6.63. The Balaban J connectivity index is 3.51. The van der Waals surface area contributed by atoms with Gasteiger partial charge >= 0.3 is 0 Å². The van der Waals surface area contributed by atoms with Gasteiger partial charge in [-0.15, -0.1) is 0 Å². The highest BCUT2D eigenvalue weighted by Gasteiger charge is 2.15. The van der Waals surface area contributed by atoms with Gasteiger partial charge in [0.05, 0.1) is 19.3 Å². The standard InChI is InChI=1S/C11H22N2O2/c1-8(2)7-15-6-5-13-11(14)10(12)9(3)4/h9-10H,1,5-7,12H2,2-4H3,(H,13,14)/t10-/m0/s1. The van der Waals surface area contributed by atoms with Crippen LogP contribution < -0.4 is 11.1 Å². The number of hydrogen-bond donors (Lipinski definition) is 2. The quantitative estimate of drug-likeness (QED) is 0.484. The third-order valence-corrected chi connectivity index (χ3v) is 1.92. The molecule has 88 valence electrons. The van der Waals surface area contributed by atoms with E-state index in [0.29, 0.717) is 19.8 Å². The maximum Gasteiger partial charge on any atom is 0.237 e. The van der Waals surface area contributed by atoms with Crippen LogP contribution in [0.25, 0.3) is 0 Å². The zero-order valence-corrected chi connectivity index (χ0v) is 9.88. The van der Waals surface area contributed by atoms with Crippen LogP contribution in [0.3, 0.4) is 0 Å². The van der Waals surface area contributed by atoms with Crippen LogP contribution in [0, 0.1) is 5.92 Å². The van der Waals surface area contributed by atoms with Crippen molar-refractivity contribution in [1.29, 1.82) is 0 Å². The minimum atomic E-state index is -0.439. The zero-order chi connectivity index (χ0) is 11.8. The van der Waals surface area contributed by atoms with Gasteiger partial charge in [0, 0.05) is 6.54 Å². The summed E-state index contributed by atoms with van der Waals surface area (Å²) in [6.45, 7) is 11.0. The lowest BCUT2D eigenvalue weighted by Gasteiger charge is -2.15. The Hall–Kier alpha value is -0.870. The van der Waals surface area contributed by atoms with Gasteiger partial charge in [-0.3, -0.25) is 4.79 Å². The molecular formula is C11H22N2O2. The van der Waals surface area contributed by atoms with E-state index in [9.17, 15) is 4.79 Å². The Kier molecular flexibility index (Phi) is 6.99. The molecule has 0 spiro atoms. The van der Waals surface area contributed by atoms with Gasteiger partial charge < -0.3 is 15.8 Å². The molecule has 1 amide bonds. The summed E-state index contributed by atoms with van der Waals surface area (Å²) in [5.74, 6) is 0.0327. The zero-order valence-electron chi connectivity index (χ0n) is 9.88. The summed E-state index contributed by atoms with van der Waals surface area (Å²) in [5, 5.41) is 2.72. The van der Waals surface area contributed by atoms with Crippen LogP contribution in [0.5, 0.6) is 0 Å². The molecule has 0 aliphatic carbocycles. The second-order valence-corrected chi connectivity index (χ2v) is 4.07. The molecule has 3 N–H and O–H groups in total. The van der Waals surface area contributed by atoms with Crippen molar-refractivity contribution in [3.63, 3.8) is 0 Å². The number of amides is 1. The summed E-state index contributed by atoms with van der Waals surface area (Å²) in [4.78, 5) is 11.4. The molecule has 1 atom stereocenters. The fraction of sp³-hybridized carbons (Fsp3) is 0.727. The molecule has 0 saturated heterocycles. The van der Waals surface area contributed by atoms with Crippen molar-refractivity contribution in [1.82, 2.24) is 5.32 Å². The Bertz CT molecular complexity index is 215. The number of hydrogen-bond acceptors (Lipinski definition) is 3. The highest BCUT2D eigenvalue weighted by molar-refractivity contribution is 5.81. The summed E-state index contributed by atoms with van der Waals surface area (Å²) >= 11 is 0. The predicted octanol–water partition coefficient (Wildman–Crippen LogP) is 0.679. The molecule has 0 saturated carbocycles. The molecule has 0 aliphatic heterocycles. The van der Waals surface area contributed by atoms with Crippen molar-refractivity contribution in [2.45, 2.75) is 26.8 Å². The monoisotopic (exact) mass is 214 g/mol. The molecular weight excluding hydrogens is 192 g/mol. The summed E-state index contributed by atoms with van der Waals surface area (Å²) in [6, 6.07) is -0.439. The smallest absolute Gasteiger partial charge is 0.237 e. The number of ether oxygens (including phenoxy) is 1. The predicted molar refractivity (Wildman–Crippen MR) is 61.5 cm³/mol. The van der Waals surface area contributed by atoms with E-state index in [-0.39, 0.29) is 11.8 Å². The Morgan fingerprint density at radius 3 is 2.60 bits per heavy atom. The van der Waals surface area contributed by atoms with Crippen LogP contribution in [0.15, 0.2) is 12.2 Å². The molecule has 4 nitrogen and oxygen atoms in total. The third-order valence-electron chi connectivity index (χ3n) is 1.92. The Labute approximate surface area is 91.9 Å². The summed E-state index contributed by atoms with van der Waals surface area (Å²) < 4.78 is 5.23. The number of carbonyl (C=O) groups excluding carboxylic acids is 1. The Morgan fingerprint density at radius 2 is 2.13 bits per heavy atom. The van der Waals surface area contributed by atoms with Gasteiger partial charge in [-0.2, -0.15) is 0 Å². The van der Waals surface area contributed by atoms with Gasteiger partial charge in [0.15, 0.2) is 0 Å². The molecule has 0 fully saturated rings. The van der Waals surface area contributed by atoms with Crippen LogP contribution in [0.2, 0.25) is 0 Å². The van der Waals surface area contributed by atoms with E-state index in [0.717, 1.165) is 5.57 Å². The molecule has 0 radical (unpaired) electrons. The molecule has 0 heterocycles. The second-order valence-electron chi connectivity index (χ2n) is 4.07. The highest BCUT2D eigenvalue weighted by atomic mass is 16.5. The normalized spacial score (nSPS) is 12.6. The number of rotatable bonds is 7. The summed E-state index contributed by atoms with van der Waals surface area (Å²) in [7, 11) is 0. The largest absolute Gasteiger partial charge is 0.375 e. The second kappa shape index (κ2) is 7.43. The van der Waals surface area contributed by atoms with E-state index in [1.165, 1.54) is 0 Å². The molecule has 0 rings (SSSR count). The summed E-state index contributed by atoms with van der Waals surface area (Å²) in [6.07, 6.45) is 0. The maximum absolute atomic E-state index is 11.4. The maximum atomic E-state index is 11.4. The number of nitrogens with one attached hydrogen (secondary N) is 1. The average Bonchev–Trinajstić information content (AvgIpc) is 2.15. The first-order chi connectivity index (χ1) is 6.95. The van der Waals surface area contributed by atoms with Crippen LogP contribution >= 0.6 is 0 Å². The van der Waals surface area contributed by atoms with Crippen molar-refractivity contribution in [2.75, 3.05) is 19.8 Å². The lowest BCUT2D eigenvalue weighted by Crippen LogP contribution is -2.44. The minimum absolute atomic E-state index is 0.121. The molecule has 4 heteroatoms. The highest BCUT2D eigenvalue weighted by Crippen LogP contribution is 1.97. The van der Waals surface area contributed by atoms with E-state index in [4.69, 9.17) is 10.5 Å². The van der Waals surface area contributed by atoms with Gasteiger partial charge in [0.1, 0.15) is 0 Å². The lowest BCUT2D eigenvalue weighted by molar-refractivity contribution is -0.123. The molecule has 0 unspecified atom stereocenters. The molecule has 0 bridgehead atoms. The third kappa shape index (κ3) is 7.11. The van der Waals surface area contributed by atoms with Gasteiger partial charge in [-0.25, -0.2) is 0 Å². The first-order valence-corrected chi connectivity index (χ1v) is 5.20.